The normalized spacial score (nSPS) is 15.6. The molecule has 10 heavy (non-hydrogen) atoms. The van der Waals surface area contributed by atoms with Crippen molar-refractivity contribution in [3.8, 4) is 0 Å². The maximum atomic E-state index is 10.5. The van der Waals surface area contributed by atoms with Crippen LogP contribution in [-0.4, -0.2) is 22.5 Å². The Labute approximate surface area is 59.2 Å². The zero-order valence-corrected chi connectivity index (χ0v) is 6.26. The maximum Gasteiger partial charge on any atom is 0.219 e. The Morgan fingerprint density at radius 1 is 1.40 bits per heavy atom. The highest BCUT2D eigenvalue weighted by molar-refractivity contribution is 5.88. The Morgan fingerprint density at radius 2 is 1.80 bits per heavy atom. The fourth-order valence-corrected chi connectivity index (χ4v) is 0.431. The van der Waals surface area contributed by atoms with Crippen molar-refractivity contribution in [1.29, 1.82) is 0 Å². The average Bonchev–Trinajstić information content (AvgIpc) is 1.60. The highest BCUT2D eigenvalue weighted by Gasteiger charge is 2.26. The standard InChI is InChI=1S/C6H11NO3/c1-4(8)6(3,10)7-5(2)9/h10H,1-3H3,(H,7,9). The van der Waals surface area contributed by atoms with E-state index in [0.717, 1.165) is 0 Å². The molecule has 0 aliphatic carbocycles. The largest absolute Gasteiger partial charge is 0.365 e. The first kappa shape index (κ1) is 9.10. The fraction of sp³-hybridized carbons (Fsp3) is 0.667. The monoisotopic (exact) mass is 145 g/mol. The van der Waals surface area contributed by atoms with Crippen LogP contribution in [0.3, 0.4) is 0 Å². The van der Waals surface area contributed by atoms with Gasteiger partial charge in [-0.25, -0.2) is 0 Å². The van der Waals surface area contributed by atoms with Gasteiger partial charge in [-0.1, -0.05) is 0 Å². The molecule has 0 aromatic rings. The van der Waals surface area contributed by atoms with Gasteiger partial charge in [0, 0.05) is 6.92 Å². The number of hydrogen-bond donors (Lipinski definition) is 2. The fourth-order valence-electron chi connectivity index (χ4n) is 0.431. The van der Waals surface area contributed by atoms with E-state index in [1.165, 1.54) is 20.8 Å². The molecule has 0 saturated heterocycles. The number of Topliss-reactive ketones (excluding diaryl/α,β-unsaturated/α-hetero) is 1. The van der Waals surface area contributed by atoms with Crippen molar-refractivity contribution in [2.75, 3.05) is 0 Å². The van der Waals surface area contributed by atoms with Crippen LogP contribution < -0.4 is 5.32 Å². The molecule has 0 fully saturated rings. The molecule has 4 nitrogen and oxygen atoms in total. The van der Waals surface area contributed by atoms with E-state index in [9.17, 15) is 9.59 Å². The van der Waals surface area contributed by atoms with Gasteiger partial charge in [-0.05, 0) is 13.8 Å². The van der Waals surface area contributed by atoms with Crippen LogP contribution in [0.4, 0.5) is 0 Å². The van der Waals surface area contributed by atoms with Gasteiger partial charge in [0.2, 0.25) is 5.91 Å². The minimum Gasteiger partial charge on any atom is -0.365 e. The summed E-state index contributed by atoms with van der Waals surface area (Å²) in [6.45, 7) is 3.67. The lowest BCUT2D eigenvalue weighted by molar-refractivity contribution is -0.142. The van der Waals surface area contributed by atoms with E-state index in [2.05, 4.69) is 5.32 Å². The van der Waals surface area contributed by atoms with Crippen molar-refractivity contribution in [1.82, 2.24) is 5.32 Å². The molecule has 0 saturated carbocycles. The Balaban J connectivity index is 4.13. The van der Waals surface area contributed by atoms with Crippen molar-refractivity contribution in [3.63, 3.8) is 0 Å². The molecule has 0 aromatic heterocycles. The van der Waals surface area contributed by atoms with E-state index >= 15 is 0 Å². The van der Waals surface area contributed by atoms with E-state index in [4.69, 9.17) is 5.11 Å². The second-order valence-electron chi connectivity index (χ2n) is 2.31. The van der Waals surface area contributed by atoms with E-state index in [-0.39, 0.29) is 0 Å². The smallest absolute Gasteiger partial charge is 0.219 e. The predicted octanol–water partition coefficient (Wildman–Crippen LogP) is -0.580. The number of carbonyl (C=O) groups excluding carboxylic acids is 2. The summed E-state index contributed by atoms with van der Waals surface area (Å²) in [5.41, 5.74) is -1.72. The molecular formula is C6H11NO3. The lowest BCUT2D eigenvalue weighted by Crippen LogP contribution is -2.50. The Morgan fingerprint density at radius 3 is 1.90 bits per heavy atom. The summed E-state index contributed by atoms with van der Waals surface area (Å²) >= 11 is 0. The topological polar surface area (TPSA) is 66.4 Å². The molecule has 0 aliphatic heterocycles. The number of amides is 1. The summed E-state index contributed by atoms with van der Waals surface area (Å²) in [6.07, 6.45) is 0. The second-order valence-corrected chi connectivity index (χ2v) is 2.31. The highest BCUT2D eigenvalue weighted by atomic mass is 16.3. The lowest BCUT2D eigenvalue weighted by atomic mass is 10.2. The van der Waals surface area contributed by atoms with Crippen LogP contribution in [0.2, 0.25) is 0 Å². The molecular weight excluding hydrogens is 134 g/mol. The summed E-state index contributed by atoms with van der Waals surface area (Å²) < 4.78 is 0. The van der Waals surface area contributed by atoms with E-state index < -0.39 is 17.4 Å². The molecule has 0 aliphatic rings. The molecule has 0 spiro atoms. The molecule has 0 aromatic carbocycles. The third kappa shape index (κ3) is 2.59. The number of aliphatic hydroxyl groups is 1. The number of nitrogens with one attached hydrogen (secondary N) is 1. The van der Waals surface area contributed by atoms with Crippen molar-refractivity contribution in [2.24, 2.45) is 0 Å². The molecule has 0 rings (SSSR count). The third-order valence-electron chi connectivity index (χ3n) is 1.10. The SMILES string of the molecule is CC(=O)NC(C)(O)C(C)=O. The number of ketones is 1. The second kappa shape index (κ2) is 2.79. The minimum atomic E-state index is -1.72. The third-order valence-corrected chi connectivity index (χ3v) is 1.10. The van der Waals surface area contributed by atoms with Gasteiger partial charge >= 0.3 is 0 Å². The molecule has 1 atom stereocenters. The summed E-state index contributed by atoms with van der Waals surface area (Å²) in [7, 11) is 0. The first-order chi connectivity index (χ1) is 4.36. The van der Waals surface area contributed by atoms with Gasteiger partial charge < -0.3 is 10.4 Å². The van der Waals surface area contributed by atoms with E-state index in [0.29, 0.717) is 0 Å². The Hall–Kier alpha value is -0.900. The molecule has 58 valence electrons. The summed E-state index contributed by atoms with van der Waals surface area (Å²) in [6, 6.07) is 0. The predicted molar refractivity (Wildman–Crippen MR) is 35.1 cm³/mol. The summed E-state index contributed by atoms with van der Waals surface area (Å²) in [5.74, 6) is -0.914. The van der Waals surface area contributed by atoms with Gasteiger partial charge in [-0.2, -0.15) is 0 Å². The van der Waals surface area contributed by atoms with Crippen LogP contribution in [0.15, 0.2) is 0 Å². The quantitative estimate of drug-likeness (QED) is 0.511. The van der Waals surface area contributed by atoms with Crippen LogP contribution in [0.1, 0.15) is 20.8 Å². The molecule has 4 heteroatoms. The van der Waals surface area contributed by atoms with E-state index in [1.54, 1.807) is 0 Å². The molecule has 0 radical (unpaired) electrons. The van der Waals surface area contributed by atoms with Crippen LogP contribution in [0, 0.1) is 0 Å². The molecule has 0 bridgehead atoms. The van der Waals surface area contributed by atoms with Crippen LogP contribution in [0.25, 0.3) is 0 Å². The number of hydrogen-bond acceptors (Lipinski definition) is 3. The van der Waals surface area contributed by atoms with Crippen molar-refractivity contribution < 1.29 is 14.7 Å². The molecule has 1 amide bonds. The maximum absolute atomic E-state index is 10.5. The molecule has 0 heterocycles. The Bertz CT molecular complexity index is 162. The first-order valence-electron chi connectivity index (χ1n) is 2.88. The first-order valence-corrected chi connectivity index (χ1v) is 2.88. The molecule has 2 N–H and O–H groups in total. The molecule has 1 unspecified atom stereocenters. The minimum absolute atomic E-state index is 0.430. The van der Waals surface area contributed by atoms with Crippen molar-refractivity contribution >= 4 is 11.7 Å². The highest BCUT2D eigenvalue weighted by Crippen LogP contribution is 1.97. The van der Waals surface area contributed by atoms with Gasteiger partial charge in [0.25, 0.3) is 0 Å². The van der Waals surface area contributed by atoms with Gasteiger partial charge in [-0.15, -0.1) is 0 Å². The zero-order chi connectivity index (χ0) is 8.36. The number of carbonyl (C=O) groups is 2. The van der Waals surface area contributed by atoms with Crippen LogP contribution in [0.5, 0.6) is 0 Å². The van der Waals surface area contributed by atoms with Gasteiger partial charge in [0.05, 0.1) is 0 Å². The van der Waals surface area contributed by atoms with Crippen LogP contribution >= 0.6 is 0 Å². The van der Waals surface area contributed by atoms with Crippen LogP contribution in [-0.2, 0) is 9.59 Å². The summed E-state index contributed by atoms with van der Waals surface area (Å²) in [4.78, 5) is 20.9. The van der Waals surface area contributed by atoms with E-state index in [1.807, 2.05) is 0 Å². The van der Waals surface area contributed by atoms with Crippen molar-refractivity contribution in [3.05, 3.63) is 0 Å². The summed E-state index contributed by atoms with van der Waals surface area (Å²) in [5, 5.41) is 11.2. The Kier molecular flexibility index (Phi) is 2.54. The zero-order valence-electron chi connectivity index (χ0n) is 6.26. The average molecular weight is 145 g/mol. The van der Waals surface area contributed by atoms with Gasteiger partial charge in [0.1, 0.15) is 0 Å². The van der Waals surface area contributed by atoms with Crippen molar-refractivity contribution in [2.45, 2.75) is 26.5 Å². The lowest BCUT2D eigenvalue weighted by Gasteiger charge is -2.19. The van der Waals surface area contributed by atoms with Gasteiger partial charge in [-0.3, -0.25) is 9.59 Å². The van der Waals surface area contributed by atoms with Gasteiger partial charge in [0.15, 0.2) is 11.5 Å². The number of rotatable bonds is 2.